The van der Waals surface area contributed by atoms with Crippen molar-refractivity contribution >= 4 is 17.5 Å². The molecule has 2 N–H and O–H groups in total. The number of ether oxygens (including phenoxy) is 1. The number of likely N-dealkylation sites (N-methyl/N-ethyl adjacent to an activating group) is 1. The zero-order valence-corrected chi connectivity index (χ0v) is 17.8. The highest BCUT2D eigenvalue weighted by Gasteiger charge is 2.27. The molecule has 7 heteroatoms. The van der Waals surface area contributed by atoms with E-state index in [0.717, 1.165) is 36.2 Å². The van der Waals surface area contributed by atoms with Gasteiger partial charge < -0.3 is 15.4 Å². The molecule has 0 radical (unpaired) electrons. The average Bonchev–Trinajstić information content (AvgIpc) is 3.37. The number of carbonyl (C=O) groups is 2. The topological polar surface area (TPSA) is 85.2 Å². The fraction of sp³-hybridized carbons (Fsp3) is 0.292. The molecule has 1 heterocycles. The summed E-state index contributed by atoms with van der Waals surface area (Å²) < 4.78 is 7.34. The number of nitrogens with zero attached hydrogens (tertiary/aromatic N) is 2. The fourth-order valence-corrected chi connectivity index (χ4v) is 3.74. The lowest BCUT2D eigenvalue weighted by atomic mass is 10.2. The van der Waals surface area contributed by atoms with Crippen LogP contribution in [0.3, 0.4) is 0 Å². The molecule has 7 nitrogen and oxygen atoms in total. The summed E-state index contributed by atoms with van der Waals surface area (Å²) in [6.45, 7) is 4.43. The molecule has 0 spiro atoms. The third-order valence-electron chi connectivity index (χ3n) is 5.28. The third kappa shape index (κ3) is 4.60. The molecule has 0 atom stereocenters. The lowest BCUT2D eigenvalue weighted by molar-refractivity contribution is -0.122. The molecule has 160 valence electrons. The first kappa shape index (κ1) is 20.7. The standard InChI is InChI=1S/C24H26N4O3/c1-3-25-22(29)15-31-19-13-9-17(10-14-19)26-24(30)23-20-5-4-6-21(20)28(27-23)18-11-7-16(2)8-12-18/h7-14H,3-6,15H2,1-2H3,(H,25,29)(H,26,30). The second-order valence-electron chi connectivity index (χ2n) is 7.60. The zero-order chi connectivity index (χ0) is 21.8. The molecule has 0 aliphatic heterocycles. The van der Waals surface area contributed by atoms with Gasteiger partial charge in [-0.05, 0) is 69.5 Å². The van der Waals surface area contributed by atoms with Crippen LogP contribution in [0, 0.1) is 6.92 Å². The monoisotopic (exact) mass is 418 g/mol. The van der Waals surface area contributed by atoms with Crippen molar-refractivity contribution in [1.82, 2.24) is 15.1 Å². The quantitative estimate of drug-likeness (QED) is 0.616. The van der Waals surface area contributed by atoms with E-state index in [9.17, 15) is 9.59 Å². The van der Waals surface area contributed by atoms with Gasteiger partial charge in [0.15, 0.2) is 12.3 Å². The molecule has 0 unspecified atom stereocenters. The zero-order valence-electron chi connectivity index (χ0n) is 17.8. The van der Waals surface area contributed by atoms with Crippen molar-refractivity contribution in [2.75, 3.05) is 18.5 Å². The minimum atomic E-state index is -0.222. The van der Waals surface area contributed by atoms with Gasteiger partial charge in [-0.2, -0.15) is 5.10 Å². The summed E-state index contributed by atoms with van der Waals surface area (Å²) >= 11 is 0. The van der Waals surface area contributed by atoms with E-state index in [4.69, 9.17) is 4.74 Å². The molecular formula is C24H26N4O3. The highest BCUT2D eigenvalue weighted by atomic mass is 16.5. The van der Waals surface area contributed by atoms with Gasteiger partial charge in [0.1, 0.15) is 5.75 Å². The number of anilines is 1. The summed E-state index contributed by atoms with van der Waals surface area (Å²) in [4.78, 5) is 24.5. The largest absolute Gasteiger partial charge is 0.484 e. The number of nitrogens with one attached hydrogen (secondary N) is 2. The van der Waals surface area contributed by atoms with Crippen LogP contribution in [0.5, 0.6) is 5.75 Å². The minimum absolute atomic E-state index is 0.0396. The highest BCUT2D eigenvalue weighted by Crippen LogP contribution is 2.28. The van der Waals surface area contributed by atoms with Crippen molar-refractivity contribution in [2.24, 2.45) is 0 Å². The van der Waals surface area contributed by atoms with Crippen molar-refractivity contribution in [3.05, 3.63) is 71.0 Å². The van der Waals surface area contributed by atoms with E-state index < -0.39 is 0 Å². The van der Waals surface area contributed by atoms with Crippen molar-refractivity contribution < 1.29 is 14.3 Å². The average molecular weight is 418 g/mol. The van der Waals surface area contributed by atoms with E-state index in [-0.39, 0.29) is 18.4 Å². The molecule has 0 bridgehead atoms. The van der Waals surface area contributed by atoms with Crippen LogP contribution in [0.1, 0.15) is 40.7 Å². The molecule has 2 amide bonds. The molecule has 2 aromatic carbocycles. The maximum Gasteiger partial charge on any atom is 0.276 e. The Hall–Kier alpha value is -3.61. The maximum atomic E-state index is 13.0. The fourth-order valence-electron chi connectivity index (χ4n) is 3.74. The number of hydrogen-bond donors (Lipinski definition) is 2. The first-order valence-corrected chi connectivity index (χ1v) is 10.5. The second-order valence-corrected chi connectivity index (χ2v) is 7.60. The van der Waals surface area contributed by atoms with Gasteiger partial charge in [-0.25, -0.2) is 4.68 Å². The van der Waals surface area contributed by atoms with Crippen LogP contribution in [-0.4, -0.2) is 34.7 Å². The van der Waals surface area contributed by atoms with Gasteiger partial charge >= 0.3 is 0 Å². The van der Waals surface area contributed by atoms with Crippen molar-refractivity contribution in [3.8, 4) is 11.4 Å². The number of benzene rings is 2. The first-order valence-electron chi connectivity index (χ1n) is 10.5. The van der Waals surface area contributed by atoms with E-state index >= 15 is 0 Å². The van der Waals surface area contributed by atoms with Crippen LogP contribution >= 0.6 is 0 Å². The molecule has 4 rings (SSSR count). The van der Waals surface area contributed by atoms with Gasteiger partial charge in [-0.1, -0.05) is 17.7 Å². The predicted molar refractivity (Wildman–Crippen MR) is 119 cm³/mol. The van der Waals surface area contributed by atoms with E-state index in [0.29, 0.717) is 23.7 Å². The molecule has 0 saturated heterocycles. The summed E-state index contributed by atoms with van der Waals surface area (Å²) in [5, 5.41) is 10.3. The normalized spacial score (nSPS) is 12.3. The number of fused-ring (bicyclic) bond motifs is 1. The van der Waals surface area contributed by atoms with E-state index in [2.05, 4.69) is 15.7 Å². The maximum absolute atomic E-state index is 13.0. The Morgan fingerprint density at radius 3 is 2.52 bits per heavy atom. The molecule has 1 aromatic heterocycles. The van der Waals surface area contributed by atoms with Crippen LogP contribution in [-0.2, 0) is 17.6 Å². The number of hydrogen-bond acceptors (Lipinski definition) is 4. The number of rotatable bonds is 7. The predicted octanol–water partition coefficient (Wildman–Crippen LogP) is 3.44. The molecular weight excluding hydrogens is 392 g/mol. The Morgan fingerprint density at radius 2 is 1.81 bits per heavy atom. The van der Waals surface area contributed by atoms with Crippen LogP contribution in [0.25, 0.3) is 5.69 Å². The minimum Gasteiger partial charge on any atom is -0.484 e. The first-order chi connectivity index (χ1) is 15.0. The smallest absolute Gasteiger partial charge is 0.276 e. The Labute approximate surface area is 181 Å². The van der Waals surface area contributed by atoms with Crippen LogP contribution < -0.4 is 15.4 Å². The van der Waals surface area contributed by atoms with Gasteiger partial charge in [0, 0.05) is 23.5 Å². The Bertz CT molecular complexity index is 1090. The van der Waals surface area contributed by atoms with Crippen LogP contribution in [0.4, 0.5) is 5.69 Å². The van der Waals surface area contributed by atoms with Gasteiger partial charge in [0.2, 0.25) is 0 Å². The molecule has 0 saturated carbocycles. The number of amides is 2. The Kier molecular flexibility index (Phi) is 6.02. The van der Waals surface area contributed by atoms with Crippen molar-refractivity contribution in [2.45, 2.75) is 33.1 Å². The molecule has 0 fully saturated rings. The van der Waals surface area contributed by atoms with Gasteiger partial charge in [-0.3, -0.25) is 9.59 Å². The lowest BCUT2D eigenvalue weighted by Gasteiger charge is -2.08. The highest BCUT2D eigenvalue weighted by molar-refractivity contribution is 6.04. The molecule has 31 heavy (non-hydrogen) atoms. The van der Waals surface area contributed by atoms with E-state index in [1.165, 1.54) is 5.56 Å². The van der Waals surface area contributed by atoms with Gasteiger partial charge in [0.25, 0.3) is 11.8 Å². The number of aromatic nitrogens is 2. The van der Waals surface area contributed by atoms with Gasteiger partial charge in [-0.15, -0.1) is 0 Å². The SMILES string of the molecule is CCNC(=O)COc1ccc(NC(=O)c2nn(-c3ccc(C)cc3)c3c2CCC3)cc1. The third-order valence-corrected chi connectivity index (χ3v) is 5.28. The summed E-state index contributed by atoms with van der Waals surface area (Å²) in [5.41, 5.74) is 5.42. The summed E-state index contributed by atoms with van der Waals surface area (Å²) in [6.07, 6.45) is 2.80. The number of carbonyl (C=O) groups excluding carboxylic acids is 2. The van der Waals surface area contributed by atoms with E-state index in [1.807, 2.05) is 42.8 Å². The summed E-state index contributed by atoms with van der Waals surface area (Å²) in [5.74, 6) is 0.173. The molecule has 3 aromatic rings. The molecule has 1 aliphatic rings. The Balaban J connectivity index is 1.47. The summed E-state index contributed by atoms with van der Waals surface area (Å²) in [7, 11) is 0. The number of aryl methyl sites for hydroxylation is 1. The van der Waals surface area contributed by atoms with Crippen molar-refractivity contribution in [3.63, 3.8) is 0 Å². The Morgan fingerprint density at radius 1 is 1.06 bits per heavy atom. The van der Waals surface area contributed by atoms with Crippen molar-refractivity contribution in [1.29, 1.82) is 0 Å². The van der Waals surface area contributed by atoms with Crippen LogP contribution in [0.2, 0.25) is 0 Å². The summed E-state index contributed by atoms with van der Waals surface area (Å²) in [6, 6.07) is 15.1. The van der Waals surface area contributed by atoms with Crippen LogP contribution in [0.15, 0.2) is 48.5 Å². The lowest BCUT2D eigenvalue weighted by Crippen LogP contribution is -2.28. The van der Waals surface area contributed by atoms with Gasteiger partial charge in [0.05, 0.1) is 5.69 Å². The second kappa shape index (κ2) is 9.04. The molecule has 1 aliphatic carbocycles. The van der Waals surface area contributed by atoms with E-state index in [1.54, 1.807) is 24.3 Å².